The zero-order chi connectivity index (χ0) is 12.8. The lowest BCUT2D eigenvalue weighted by atomic mass is 10.1. The first-order valence-electron chi connectivity index (χ1n) is 6.94. The number of nitrogens with one attached hydrogen (secondary N) is 1. The van der Waals surface area contributed by atoms with Crippen molar-refractivity contribution in [3.63, 3.8) is 0 Å². The summed E-state index contributed by atoms with van der Waals surface area (Å²) in [5.41, 5.74) is 1.35. The van der Waals surface area contributed by atoms with E-state index in [0.717, 1.165) is 25.4 Å². The van der Waals surface area contributed by atoms with E-state index in [2.05, 4.69) is 28.4 Å². The zero-order valence-electron chi connectivity index (χ0n) is 11.9. The molecule has 0 saturated carbocycles. The molecule has 0 spiro atoms. The van der Waals surface area contributed by atoms with Crippen LogP contribution >= 0.6 is 12.4 Å². The molecule has 1 N–H and O–H groups in total. The lowest BCUT2D eigenvalue weighted by Gasteiger charge is -2.24. The van der Waals surface area contributed by atoms with Crippen molar-refractivity contribution in [2.45, 2.75) is 32.4 Å². The Kier molecular flexibility index (Phi) is 7.21. The fourth-order valence-corrected chi connectivity index (χ4v) is 2.70. The SMILES string of the molecule is CCOc1cccc(CN2CCCC2CNC)c1.Cl. The largest absolute Gasteiger partial charge is 0.494 e. The Balaban J connectivity index is 0.00000180. The van der Waals surface area contributed by atoms with Gasteiger partial charge in [0.15, 0.2) is 0 Å². The summed E-state index contributed by atoms with van der Waals surface area (Å²) in [6, 6.07) is 9.16. The van der Waals surface area contributed by atoms with Gasteiger partial charge in [0, 0.05) is 19.1 Å². The fourth-order valence-electron chi connectivity index (χ4n) is 2.70. The van der Waals surface area contributed by atoms with Gasteiger partial charge in [0.05, 0.1) is 6.61 Å². The second-order valence-corrected chi connectivity index (χ2v) is 4.90. The average Bonchev–Trinajstić information content (AvgIpc) is 2.78. The predicted octanol–water partition coefficient (Wildman–Crippen LogP) is 2.69. The van der Waals surface area contributed by atoms with E-state index >= 15 is 0 Å². The highest BCUT2D eigenvalue weighted by Crippen LogP contribution is 2.21. The monoisotopic (exact) mass is 284 g/mol. The van der Waals surface area contributed by atoms with Crippen LogP contribution in [0.2, 0.25) is 0 Å². The maximum absolute atomic E-state index is 5.55. The number of rotatable bonds is 6. The van der Waals surface area contributed by atoms with Crippen LogP contribution in [0.1, 0.15) is 25.3 Å². The van der Waals surface area contributed by atoms with Crippen LogP contribution in [0.4, 0.5) is 0 Å². The molecule has 0 amide bonds. The number of ether oxygens (including phenoxy) is 1. The molecule has 108 valence electrons. The molecule has 0 aliphatic carbocycles. The van der Waals surface area contributed by atoms with Crippen LogP contribution < -0.4 is 10.1 Å². The molecule has 4 heteroatoms. The molecule has 0 aromatic heterocycles. The highest BCUT2D eigenvalue weighted by atomic mass is 35.5. The Morgan fingerprint density at radius 2 is 2.26 bits per heavy atom. The lowest BCUT2D eigenvalue weighted by molar-refractivity contribution is 0.242. The molecule has 0 radical (unpaired) electrons. The van der Waals surface area contributed by atoms with E-state index in [-0.39, 0.29) is 12.4 Å². The predicted molar refractivity (Wildman–Crippen MR) is 82.2 cm³/mol. The summed E-state index contributed by atoms with van der Waals surface area (Å²) in [6.45, 7) is 6.09. The molecule has 1 unspecified atom stereocenters. The summed E-state index contributed by atoms with van der Waals surface area (Å²) < 4.78 is 5.55. The van der Waals surface area contributed by atoms with Gasteiger partial charge >= 0.3 is 0 Å². The molecule has 2 rings (SSSR count). The van der Waals surface area contributed by atoms with Crippen LogP contribution in [0.25, 0.3) is 0 Å². The smallest absolute Gasteiger partial charge is 0.119 e. The van der Waals surface area contributed by atoms with Gasteiger partial charge < -0.3 is 10.1 Å². The maximum Gasteiger partial charge on any atom is 0.119 e. The summed E-state index contributed by atoms with van der Waals surface area (Å²) >= 11 is 0. The quantitative estimate of drug-likeness (QED) is 0.869. The minimum atomic E-state index is 0. The van der Waals surface area contributed by atoms with Crippen molar-refractivity contribution in [2.24, 2.45) is 0 Å². The first-order valence-corrected chi connectivity index (χ1v) is 6.94. The lowest BCUT2D eigenvalue weighted by Crippen LogP contribution is -2.36. The van der Waals surface area contributed by atoms with Crippen LogP contribution in [0.15, 0.2) is 24.3 Å². The van der Waals surface area contributed by atoms with Gasteiger partial charge in [0.1, 0.15) is 5.75 Å². The van der Waals surface area contributed by atoms with Gasteiger partial charge in [0.25, 0.3) is 0 Å². The summed E-state index contributed by atoms with van der Waals surface area (Å²) in [5, 5.41) is 3.29. The van der Waals surface area contributed by atoms with Gasteiger partial charge in [-0.3, -0.25) is 4.90 Å². The Labute approximate surface area is 122 Å². The summed E-state index contributed by atoms with van der Waals surface area (Å²) in [6.07, 6.45) is 2.63. The molecule has 3 nitrogen and oxygen atoms in total. The number of hydrogen-bond acceptors (Lipinski definition) is 3. The molecule has 19 heavy (non-hydrogen) atoms. The Morgan fingerprint density at radius 1 is 1.42 bits per heavy atom. The normalized spacial score (nSPS) is 19.2. The summed E-state index contributed by atoms with van der Waals surface area (Å²) in [5.74, 6) is 0.986. The second-order valence-electron chi connectivity index (χ2n) is 4.90. The third-order valence-corrected chi connectivity index (χ3v) is 3.53. The van der Waals surface area contributed by atoms with Crippen molar-refractivity contribution >= 4 is 12.4 Å². The molecule has 1 aliphatic heterocycles. The van der Waals surface area contributed by atoms with E-state index in [9.17, 15) is 0 Å². The van der Waals surface area contributed by atoms with E-state index in [0.29, 0.717) is 6.04 Å². The number of nitrogens with zero attached hydrogens (tertiary/aromatic N) is 1. The van der Waals surface area contributed by atoms with Gasteiger partial charge in [-0.1, -0.05) is 12.1 Å². The highest BCUT2D eigenvalue weighted by Gasteiger charge is 2.23. The summed E-state index contributed by atoms with van der Waals surface area (Å²) in [4.78, 5) is 2.57. The minimum Gasteiger partial charge on any atom is -0.494 e. The number of likely N-dealkylation sites (tertiary alicyclic amines) is 1. The van der Waals surface area contributed by atoms with Crippen LogP contribution in [-0.2, 0) is 6.54 Å². The second kappa shape index (κ2) is 8.41. The van der Waals surface area contributed by atoms with Crippen molar-refractivity contribution in [1.29, 1.82) is 0 Å². The number of halogens is 1. The van der Waals surface area contributed by atoms with Gasteiger partial charge in [-0.25, -0.2) is 0 Å². The van der Waals surface area contributed by atoms with Crippen molar-refractivity contribution in [3.05, 3.63) is 29.8 Å². The van der Waals surface area contributed by atoms with E-state index in [4.69, 9.17) is 4.74 Å². The van der Waals surface area contributed by atoms with Gasteiger partial charge in [0.2, 0.25) is 0 Å². The van der Waals surface area contributed by atoms with Gasteiger partial charge in [-0.15, -0.1) is 12.4 Å². The Morgan fingerprint density at radius 3 is 3.00 bits per heavy atom. The molecule has 1 aromatic carbocycles. The molecule has 1 fully saturated rings. The Bertz CT molecular complexity index is 373. The van der Waals surface area contributed by atoms with E-state index in [1.165, 1.54) is 24.9 Å². The van der Waals surface area contributed by atoms with Crippen LogP contribution in [0, 0.1) is 0 Å². The first-order chi connectivity index (χ1) is 8.83. The molecule has 1 saturated heterocycles. The molecule has 0 bridgehead atoms. The zero-order valence-corrected chi connectivity index (χ0v) is 12.7. The minimum absolute atomic E-state index is 0. The summed E-state index contributed by atoms with van der Waals surface area (Å²) in [7, 11) is 2.03. The van der Waals surface area contributed by atoms with Crippen LogP contribution in [0.5, 0.6) is 5.75 Å². The van der Waals surface area contributed by atoms with E-state index in [1.807, 2.05) is 20.0 Å². The van der Waals surface area contributed by atoms with Crippen molar-refractivity contribution in [2.75, 3.05) is 26.7 Å². The fraction of sp³-hybridized carbons (Fsp3) is 0.600. The topological polar surface area (TPSA) is 24.5 Å². The highest BCUT2D eigenvalue weighted by molar-refractivity contribution is 5.85. The number of benzene rings is 1. The molecule has 1 heterocycles. The first kappa shape index (κ1) is 16.3. The number of likely N-dealkylation sites (N-methyl/N-ethyl adjacent to an activating group) is 1. The van der Waals surface area contributed by atoms with E-state index in [1.54, 1.807) is 0 Å². The third-order valence-electron chi connectivity index (χ3n) is 3.53. The molecular formula is C15H25ClN2O. The van der Waals surface area contributed by atoms with Gasteiger partial charge in [-0.05, 0) is 51.1 Å². The third kappa shape index (κ3) is 4.68. The molecular weight excluding hydrogens is 260 g/mol. The average molecular weight is 285 g/mol. The maximum atomic E-state index is 5.55. The van der Waals surface area contributed by atoms with Crippen LogP contribution in [0.3, 0.4) is 0 Å². The van der Waals surface area contributed by atoms with Crippen molar-refractivity contribution in [3.8, 4) is 5.75 Å². The van der Waals surface area contributed by atoms with Gasteiger partial charge in [-0.2, -0.15) is 0 Å². The molecule has 1 aromatic rings. The Hall–Kier alpha value is -0.770. The van der Waals surface area contributed by atoms with E-state index < -0.39 is 0 Å². The number of hydrogen-bond donors (Lipinski definition) is 1. The van der Waals surface area contributed by atoms with Crippen LogP contribution in [-0.4, -0.2) is 37.7 Å². The van der Waals surface area contributed by atoms with Crippen molar-refractivity contribution in [1.82, 2.24) is 10.2 Å². The molecule has 1 atom stereocenters. The molecule has 1 aliphatic rings. The standard InChI is InChI=1S/C15H24N2O.ClH/c1-3-18-15-8-4-6-13(10-15)12-17-9-5-7-14(17)11-16-2;/h4,6,8,10,14,16H,3,5,7,9,11-12H2,1-2H3;1H. The van der Waals surface area contributed by atoms with Crippen molar-refractivity contribution < 1.29 is 4.74 Å².